The number of aromatic nitrogens is 2. The number of carboxylic acid groups (broad SMARTS) is 1. The molecule has 6 nitrogen and oxygen atoms in total. The van der Waals surface area contributed by atoms with Gasteiger partial charge in [0.25, 0.3) is 0 Å². The lowest BCUT2D eigenvalue weighted by atomic mass is 9.97. The normalized spacial score (nSPS) is 15.0. The fourth-order valence-electron chi connectivity index (χ4n) is 3.69. The van der Waals surface area contributed by atoms with Crippen molar-refractivity contribution >= 4 is 22.7 Å². The van der Waals surface area contributed by atoms with Crippen LogP contribution in [0.25, 0.3) is 22.0 Å². The van der Waals surface area contributed by atoms with Gasteiger partial charge in [0.05, 0.1) is 5.69 Å². The van der Waals surface area contributed by atoms with Gasteiger partial charge in [0.2, 0.25) is 0 Å². The lowest BCUT2D eigenvalue weighted by Crippen LogP contribution is -2.38. The molecule has 1 aromatic carbocycles. The predicted molar refractivity (Wildman–Crippen MR) is 106 cm³/mol. The molecule has 2 aromatic heterocycles. The zero-order valence-corrected chi connectivity index (χ0v) is 15.0. The van der Waals surface area contributed by atoms with Crippen molar-refractivity contribution < 1.29 is 9.90 Å². The predicted octanol–water partition coefficient (Wildman–Crippen LogP) is 3.78. The molecule has 6 heteroatoms. The van der Waals surface area contributed by atoms with Crippen LogP contribution < -0.4 is 10.2 Å². The van der Waals surface area contributed by atoms with Gasteiger partial charge in [-0.15, -0.1) is 0 Å². The molecule has 4 rings (SSSR count). The SMILES string of the molecule is O=C(O)NCC1CCN(c2cccc(-c3cccc4cnccc34)n2)CC1. The smallest absolute Gasteiger partial charge is 0.404 e. The molecule has 3 aromatic rings. The Balaban J connectivity index is 1.53. The van der Waals surface area contributed by atoms with E-state index in [1.165, 1.54) is 0 Å². The molecule has 27 heavy (non-hydrogen) atoms. The van der Waals surface area contributed by atoms with Crippen LogP contribution in [0.2, 0.25) is 0 Å². The van der Waals surface area contributed by atoms with E-state index in [4.69, 9.17) is 10.1 Å². The largest absolute Gasteiger partial charge is 0.465 e. The van der Waals surface area contributed by atoms with Crippen LogP contribution in [0.3, 0.4) is 0 Å². The van der Waals surface area contributed by atoms with E-state index < -0.39 is 6.09 Å². The van der Waals surface area contributed by atoms with Gasteiger partial charge in [0, 0.05) is 43.0 Å². The molecule has 0 aliphatic carbocycles. The first-order chi connectivity index (χ1) is 13.2. The Labute approximate surface area is 157 Å². The van der Waals surface area contributed by atoms with Crippen molar-refractivity contribution in [3.8, 4) is 11.3 Å². The van der Waals surface area contributed by atoms with Crippen molar-refractivity contribution in [3.63, 3.8) is 0 Å². The van der Waals surface area contributed by atoms with Crippen molar-refractivity contribution in [2.24, 2.45) is 5.92 Å². The van der Waals surface area contributed by atoms with Crippen LogP contribution in [-0.4, -0.2) is 40.8 Å². The minimum atomic E-state index is -0.947. The second-order valence-electron chi connectivity index (χ2n) is 6.90. The second kappa shape index (κ2) is 7.61. The summed E-state index contributed by atoms with van der Waals surface area (Å²) in [5.41, 5.74) is 2.07. The maximum absolute atomic E-state index is 10.7. The summed E-state index contributed by atoms with van der Waals surface area (Å²) in [5.74, 6) is 1.37. The van der Waals surface area contributed by atoms with Gasteiger partial charge in [-0.3, -0.25) is 4.98 Å². The molecule has 0 unspecified atom stereocenters. The van der Waals surface area contributed by atoms with Crippen LogP contribution in [0.15, 0.2) is 54.9 Å². The monoisotopic (exact) mass is 362 g/mol. The summed E-state index contributed by atoms with van der Waals surface area (Å²) in [5, 5.41) is 13.5. The zero-order chi connectivity index (χ0) is 18.6. The fraction of sp³-hybridized carbons (Fsp3) is 0.286. The van der Waals surface area contributed by atoms with Gasteiger partial charge >= 0.3 is 6.09 Å². The minimum absolute atomic E-state index is 0.395. The molecule has 0 atom stereocenters. The van der Waals surface area contributed by atoms with Crippen LogP contribution in [0.1, 0.15) is 12.8 Å². The molecule has 1 amide bonds. The summed E-state index contributed by atoms with van der Waals surface area (Å²) in [6.07, 6.45) is 4.67. The van der Waals surface area contributed by atoms with Crippen molar-refractivity contribution in [1.82, 2.24) is 15.3 Å². The summed E-state index contributed by atoms with van der Waals surface area (Å²) in [6.45, 7) is 2.31. The van der Waals surface area contributed by atoms with Crippen LogP contribution in [0.5, 0.6) is 0 Å². The minimum Gasteiger partial charge on any atom is -0.465 e. The molecule has 0 bridgehead atoms. The molecule has 1 fully saturated rings. The van der Waals surface area contributed by atoms with E-state index in [1.54, 1.807) is 0 Å². The van der Waals surface area contributed by atoms with E-state index in [-0.39, 0.29) is 0 Å². The van der Waals surface area contributed by atoms with Crippen molar-refractivity contribution in [2.45, 2.75) is 12.8 Å². The topological polar surface area (TPSA) is 78.4 Å². The number of hydrogen-bond donors (Lipinski definition) is 2. The Kier molecular flexibility index (Phi) is 4.87. The number of nitrogens with zero attached hydrogens (tertiary/aromatic N) is 3. The summed E-state index contributed by atoms with van der Waals surface area (Å²) in [6, 6.07) is 14.4. The number of pyridine rings is 2. The van der Waals surface area contributed by atoms with Crippen LogP contribution in [0, 0.1) is 5.92 Å². The molecule has 138 valence electrons. The van der Waals surface area contributed by atoms with Crippen molar-refractivity contribution in [2.75, 3.05) is 24.5 Å². The number of hydrogen-bond acceptors (Lipinski definition) is 4. The van der Waals surface area contributed by atoms with Gasteiger partial charge in [-0.2, -0.15) is 0 Å². The molecule has 1 aliphatic rings. The maximum Gasteiger partial charge on any atom is 0.404 e. The maximum atomic E-state index is 10.7. The molecule has 1 aliphatic heterocycles. The standard InChI is InChI=1S/C21H22N4O2/c26-21(27)23-13-15-8-11-25(12-9-15)20-6-2-5-19(24-20)18-4-1-3-16-14-22-10-7-17(16)18/h1-7,10,14-15,23H,8-9,11-13H2,(H,26,27). The van der Waals surface area contributed by atoms with E-state index >= 15 is 0 Å². The third-order valence-electron chi connectivity index (χ3n) is 5.17. The van der Waals surface area contributed by atoms with Gasteiger partial charge < -0.3 is 15.3 Å². The van der Waals surface area contributed by atoms with Crippen molar-refractivity contribution in [1.29, 1.82) is 0 Å². The lowest BCUT2D eigenvalue weighted by molar-refractivity contribution is 0.191. The molecule has 2 N–H and O–H groups in total. The summed E-state index contributed by atoms with van der Waals surface area (Å²) in [4.78, 5) is 22.1. The average molecular weight is 362 g/mol. The quantitative estimate of drug-likeness (QED) is 0.738. The number of nitrogens with one attached hydrogen (secondary N) is 1. The van der Waals surface area contributed by atoms with Gasteiger partial charge in [-0.1, -0.05) is 24.3 Å². The molecular weight excluding hydrogens is 340 g/mol. The Morgan fingerprint density at radius 3 is 2.78 bits per heavy atom. The van der Waals surface area contributed by atoms with Crippen LogP contribution in [0.4, 0.5) is 10.6 Å². The van der Waals surface area contributed by atoms with E-state index in [0.29, 0.717) is 12.5 Å². The van der Waals surface area contributed by atoms with E-state index in [9.17, 15) is 4.79 Å². The molecule has 1 saturated heterocycles. The highest BCUT2D eigenvalue weighted by Gasteiger charge is 2.21. The Morgan fingerprint density at radius 1 is 1.15 bits per heavy atom. The number of piperidine rings is 1. The first-order valence-corrected chi connectivity index (χ1v) is 9.22. The highest BCUT2D eigenvalue weighted by Crippen LogP contribution is 2.29. The fourth-order valence-corrected chi connectivity index (χ4v) is 3.69. The molecule has 0 radical (unpaired) electrons. The van der Waals surface area contributed by atoms with Crippen LogP contribution >= 0.6 is 0 Å². The number of benzene rings is 1. The van der Waals surface area contributed by atoms with Gasteiger partial charge in [0.15, 0.2) is 0 Å². The van der Waals surface area contributed by atoms with Gasteiger partial charge in [0.1, 0.15) is 5.82 Å². The third-order valence-corrected chi connectivity index (χ3v) is 5.17. The second-order valence-corrected chi connectivity index (χ2v) is 6.90. The number of carbonyl (C=O) groups is 1. The Bertz CT molecular complexity index is 946. The first kappa shape index (κ1) is 17.3. The first-order valence-electron chi connectivity index (χ1n) is 9.22. The average Bonchev–Trinajstić information content (AvgIpc) is 2.72. The van der Waals surface area contributed by atoms with Gasteiger partial charge in [-0.05, 0) is 42.3 Å². The third kappa shape index (κ3) is 3.84. The zero-order valence-electron chi connectivity index (χ0n) is 15.0. The number of fused-ring (bicyclic) bond motifs is 1. The number of amides is 1. The Hall–Kier alpha value is -3.15. The Morgan fingerprint density at radius 2 is 1.96 bits per heavy atom. The van der Waals surface area contributed by atoms with E-state index in [0.717, 1.165) is 53.8 Å². The molecule has 0 saturated carbocycles. The summed E-state index contributed by atoms with van der Waals surface area (Å²) >= 11 is 0. The molecule has 3 heterocycles. The van der Waals surface area contributed by atoms with Crippen molar-refractivity contribution in [3.05, 3.63) is 54.9 Å². The van der Waals surface area contributed by atoms with Gasteiger partial charge in [-0.25, -0.2) is 9.78 Å². The highest BCUT2D eigenvalue weighted by atomic mass is 16.4. The summed E-state index contributed by atoms with van der Waals surface area (Å²) < 4.78 is 0. The number of anilines is 1. The molecular formula is C21H22N4O2. The summed E-state index contributed by atoms with van der Waals surface area (Å²) in [7, 11) is 0. The molecule has 0 spiro atoms. The van der Waals surface area contributed by atoms with E-state index in [1.807, 2.05) is 36.7 Å². The van der Waals surface area contributed by atoms with Crippen LogP contribution in [-0.2, 0) is 0 Å². The number of rotatable bonds is 4. The van der Waals surface area contributed by atoms with E-state index in [2.05, 4.69) is 33.4 Å². The lowest BCUT2D eigenvalue weighted by Gasteiger charge is -2.32. The highest BCUT2D eigenvalue weighted by molar-refractivity contribution is 5.95.